The van der Waals surface area contributed by atoms with Crippen LogP contribution in [0, 0.1) is 6.92 Å². The van der Waals surface area contributed by atoms with Crippen molar-refractivity contribution < 1.29 is 17.9 Å². The summed E-state index contributed by atoms with van der Waals surface area (Å²) < 4.78 is 43.8. The molecule has 0 spiro atoms. The van der Waals surface area contributed by atoms with Crippen LogP contribution < -0.4 is 4.74 Å². The molecule has 0 atom stereocenters. The van der Waals surface area contributed by atoms with E-state index in [-0.39, 0.29) is 12.4 Å². The van der Waals surface area contributed by atoms with E-state index < -0.39 is 11.7 Å². The largest absolute Gasteiger partial charge is 0.489 e. The van der Waals surface area contributed by atoms with Gasteiger partial charge in [-0.05, 0) is 41.7 Å². The van der Waals surface area contributed by atoms with E-state index in [2.05, 4.69) is 13.8 Å². The zero-order chi connectivity index (χ0) is 16.3. The van der Waals surface area contributed by atoms with Gasteiger partial charge in [0.2, 0.25) is 0 Å². The van der Waals surface area contributed by atoms with Crippen molar-refractivity contribution in [2.75, 3.05) is 0 Å². The van der Waals surface area contributed by atoms with Crippen LogP contribution in [0.1, 0.15) is 42.0 Å². The van der Waals surface area contributed by atoms with Crippen LogP contribution in [0.3, 0.4) is 0 Å². The zero-order valence-corrected chi connectivity index (χ0v) is 12.9. The number of hydrogen-bond acceptors (Lipinski definition) is 1. The molecule has 0 radical (unpaired) electrons. The maximum Gasteiger partial charge on any atom is 0.416 e. The molecule has 2 rings (SSSR count). The second-order valence-electron chi connectivity index (χ2n) is 5.67. The van der Waals surface area contributed by atoms with Gasteiger partial charge in [0.25, 0.3) is 0 Å². The van der Waals surface area contributed by atoms with Gasteiger partial charge in [0.1, 0.15) is 12.4 Å². The molecule has 1 nitrogen and oxygen atoms in total. The molecule has 0 amide bonds. The van der Waals surface area contributed by atoms with Gasteiger partial charge in [-0.15, -0.1) is 0 Å². The monoisotopic (exact) mass is 308 g/mol. The zero-order valence-electron chi connectivity index (χ0n) is 12.9. The van der Waals surface area contributed by atoms with Crippen molar-refractivity contribution in [3.8, 4) is 5.75 Å². The summed E-state index contributed by atoms with van der Waals surface area (Å²) in [4.78, 5) is 0. The number of hydrogen-bond donors (Lipinski definition) is 0. The summed E-state index contributed by atoms with van der Waals surface area (Å²) in [5.41, 5.74) is 2.13. The lowest BCUT2D eigenvalue weighted by molar-refractivity contribution is -0.137. The van der Waals surface area contributed by atoms with E-state index in [1.807, 2.05) is 24.3 Å². The van der Waals surface area contributed by atoms with Gasteiger partial charge in [0.05, 0.1) is 5.56 Å². The molecule has 0 heterocycles. The van der Waals surface area contributed by atoms with Crippen molar-refractivity contribution in [3.63, 3.8) is 0 Å². The van der Waals surface area contributed by atoms with Gasteiger partial charge in [-0.3, -0.25) is 0 Å². The highest BCUT2D eigenvalue weighted by Gasteiger charge is 2.31. The van der Waals surface area contributed by atoms with Crippen molar-refractivity contribution in [2.45, 2.75) is 39.5 Å². The lowest BCUT2D eigenvalue weighted by atomic mass is 10.0. The van der Waals surface area contributed by atoms with E-state index in [1.54, 1.807) is 6.92 Å². The molecule has 118 valence electrons. The molecule has 0 aliphatic carbocycles. The molecule has 0 N–H and O–H groups in total. The third-order valence-corrected chi connectivity index (χ3v) is 3.53. The van der Waals surface area contributed by atoms with E-state index in [4.69, 9.17) is 4.74 Å². The van der Waals surface area contributed by atoms with Crippen LogP contribution in [-0.2, 0) is 12.8 Å². The summed E-state index contributed by atoms with van der Waals surface area (Å²) in [5.74, 6) is 0.667. The molecule has 2 aromatic carbocycles. The Labute approximate surface area is 128 Å². The first kappa shape index (κ1) is 16.4. The molecule has 0 aliphatic rings. The Hall–Kier alpha value is -1.97. The van der Waals surface area contributed by atoms with Crippen molar-refractivity contribution >= 4 is 0 Å². The minimum Gasteiger partial charge on any atom is -0.489 e. The van der Waals surface area contributed by atoms with Gasteiger partial charge >= 0.3 is 6.18 Å². The van der Waals surface area contributed by atoms with Crippen LogP contribution in [0.15, 0.2) is 42.5 Å². The molecule has 0 fully saturated rings. The third kappa shape index (κ3) is 4.03. The van der Waals surface area contributed by atoms with E-state index in [9.17, 15) is 13.2 Å². The maximum absolute atomic E-state index is 12.7. The molecule has 0 aliphatic heterocycles. The number of halogens is 3. The van der Waals surface area contributed by atoms with Crippen LogP contribution in [-0.4, -0.2) is 0 Å². The molecule has 0 aromatic heterocycles. The predicted molar refractivity (Wildman–Crippen MR) is 81.0 cm³/mol. The van der Waals surface area contributed by atoms with Crippen LogP contribution >= 0.6 is 0 Å². The normalized spacial score (nSPS) is 11.8. The molecular weight excluding hydrogens is 289 g/mol. The highest BCUT2D eigenvalue weighted by molar-refractivity contribution is 5.38. The lowest BCUT2D eigenvalue weighted by Crippen LogP contribution is -2.06. The average Bonchev–Trinajstić information content (AvgIpc) is 2.45. The first-order valence-corrected chi connectivity index (χ1v) is 7.17. The number of ether oxygens (including phenoxy) is 1. The van der Waals surface area contributed by atoms with Gasteiger partial charge in [-0.1, -0.05) is 44.2 Å². The summed E-state index contributed by atoms with van der Waals surface area (Å²) in [6.07, 6.45) is -4.36. The summed E-state index contributed by atoms with van der Waals surface area (Å²) in [6.45, 7) is 6.18. The third-order valence-electron chi connectivity index (χ3n) is 3.53. The Kier molecular flexibility index (Phi) is 4.79. The highest BCUT2D eigenvalue weighted by Crippen LogP contribution is 2.33. The first-order chi connectivity index (χ1) is 10.3. The van der Waals surface area contributed by atoms with Gasteiger partial charge in [-0.25, -0.2) is 0 Å². The predicted octanol–water partition coefficient (Wildman–Crippen LogP) is 5.72. The number of rotatable bonds is 4. The summed E-state index contributed by atoms with van der Waals surface area (Å²) in [6, 6.07) is 11.5. The molecule has 0 saturated carbocycles. The van der Waals surface area contributed by atoms with E-state index in [0.717, 1.165) is 17.7 Å². The Morgan fingerprint density at radius 2 is 1.77 bits per heavy atom. The Morgan fingerprint density at radius 1 is 1.05 bits per heavy atom. The van der Waals surface area contributed by atoms with Gasteiger partial charge in [0.15, 0.2) is 0 Å². The molecule has 0 unspecified atom stereocenters. The Bertz CT molecular complexity index is 645. The van der Waals surface area contributed by atoms with Crippen molar-refractivity contribution in [1.29, 1.82) is 0 Å². The second kappa shape index (κ2) is 6.42. The quantitative estimate of drug-likeness (QED) is 0.702. The Balaban J connectivity index is 2.16. The minimum atomic E-state index is -4.36. The van der Waals surface area contributed by atoms with Gasteiger partial charge in [-0.2, -0.15) is 13.2 Å². The van der Waals surface area contributed by atoms with Crippen LogP contribution in [0.25, 0.3) is 0 Å². The van der Waals surface area contributed by atoms with Crippen LogP contribution in [0.4, 0.5) is 13.2 Å². The maximum atomic E-state index is 12.7. The fourth-order valence-corrected chi connectivity index (χ4v) is 2.14. The molecule has 2 aromatic rings. The van der Waals surface area contributed by atoms with Gasteiger partial charge < -0.3 is 4.74 Å². The van der Waals surface area contributed by atoms with Gasteiger partial charge in [0, 0.05) is 0 Å². The molecule has 0 saturated heterocycles. The van der Waals surface area contributed by atoms with E-state index >= 15 is 0 Å². The van der Waals surface area contributed by atoms with E-state index in [0.29, 0.717) is 11.5 Å². The molecule has 0 bridgehead atoms. The van der Waals surface area contributed by atoms with Crippen molar-refractivity contribution in [3.05, 3.63) is 64.7 Å². The highest BCUT2D eigenvalue weighted by atomic mass is 19.4. The SMILES string of the molecule is Cc1ccc(C(F)(F)F)cc1OCc1cccc(C(C)C)c1. The van der Waals surface area contributed by atoms with Crippen LogP contribution in [0.2, 0.25) is 0 Å². The number of alkyl halides is 3. The number of aryl methyl sites for hydroxylation is 1. The Morgan fingerprint density at radius 3 is 2.41 bits per heavy atom. The molecule has 4 heteroatoms. The summed E-state index contributed by atoms with van der Waals surface area (Å²) in [7, 11) is 0. The second-order valence-corrected chi connectivity index (χ2v) is 5.67. The standard InChI is InChI=1S/C18H19F3O/c1-12(2)15-6-4-5-14(9-15)11-22-17-10-16(18(19,20)21)8-7-13(17)3/h4-10,12H,11H2,1-3H3. The van der Waals surface area contributed by atoms with Crippen LogP contribution in [0.5, 0.6) is 5.75 Å². The first-order valence-electron chi connectivity index (χ1n) is 7.17. The summed E-state index contributed by atoms with van der Waals surface area (Å²) >= 11 is 0. The topological polar surface area (TPSA) is 9.23 Å². The smallest absolute Gasteiger partial charge is 0.416 e. The molecular formula is C18H19F3O. The fraction of sp³-hybridized carbons (Fsp3) is 0.333. The molecule has 22 heavy (non-hydrogen) atoms. The van der Waals surface area contributed by atoms with Crippen molar-refractivity contribution in [1.82, 2.24) is 0 Å². The van der Waals surface area contributed by atoms with E-state index in [1.165, 1.54) is 11.6 Å². The van der Waals surface area contributed by atoms with Crippen molar-refractivity contribution in [2.24, 2.45) is 0 Å². The number of benzene rings is 2. The fourth-order valence-electron chi connectivity index (χ4n) is 2.14. The summed E-state index contributed by atoms with van der Waals surface area (Å²) in [5, 5.41) is 0. The average molecular weight is 308 g/mol. The lowest BCUT2D eigenvalue weighted by Gasteiger charge is -2.14. The minimum absolute atomic E-state index is 0.253.